The van der Waals surface area contributed by atoms with Crippen molar-refractivity contribution in [2.24, 2.45) is 0 Å². The summed E-state index contributed by atoms with van der Waals surface area (Å²) >= 11 is 0. The molecule has 4 heteroatoms. The Labute approximate surface area is 418 Å². The van der Waals surface area contributed by atoms with Crippen LogP contribution in [0.2, 0.25) is 0 Å². The van der Waals surface area contributed by atoms with Gasteiger partial charge >= 0.3 is 0 Å². The smallest absolute Gasteiger partial charge is 0.135 e. The second-order valence-electron chi connectivity index (χ2n) is 19.9. The molecule has 342 valence electrons. The van der Waals surface area contributed by atoms with Crippen LogP contribution in [-0.2, 0) is 36.4 Å². The molecule has 0 aliphatic carbocycles. The molecule has 10 aromatic rings. The van der Waals surface area contributed by atoms with Gasteiger partial charge in [-0.2, -0.15) is 0 Å². The fraction of sp³-hybridized carbons (Fsp3) is 0.215. The van der Waals surface area contributed by atoms with Gasteiger partial charge in [-0.25, -0.2) is 0 Å². The summed E-state index contributed by atoms with van der Waals surface area (Å²) < 4.78 is 72.3. The summed E-state index contributed by atoms with van der Waals surface area (Å²) in [5.41, 5.74) is 11.0. The molecule has 0 aliphatic heterocycles. The number of rotatable bonds is 14. The first-order valence-electron chi connectivity index (χ1n) is 27.3. The van der Waals surface area contributed by atoms with Crippen LogP contribution in [0.15, 0.2) is 193 Å². The lowest BCUT2D eigenvalue weighted by Gasteiger charge is -2.28. The van der Waals surface area contributed by atoms with E-state index in [0.717, 1.165) is 61.1 Å². The highest BCUT2D eigenvalue weighted by atomic mass is 16.3. The molecule has 0 radical (unpaired) electrons. The van der Waals surface area contributed by atoms with Crippen LogP contribution in [0.3, 0.4) is 0 Å². The normalized spacial score (nSPS) is 14.2. The summed E-state index contributed by atoms with van der Waals surface area (Å²) in [6, 6.07) is 54.3. The highest BCUT2D eigenvalue weighted by molar-refractivity contribution is 6.06. The summed E-state index contributed by atoms with van der Waals surface area (Å²) in [6.45, 7) is 10.3. The van der Waals surface area contributed by atoms with Gasteiger partial charge in [0.25, 0.3) is 0 Å². The molecule has 6 aromatic carbocycles. The van der Waals surface area contributed by atoms with Crippen LogP contribution < -0.4 is 0 Å². The third kappa shape index (κ3) is 9.81. The van der Waals surface area contributed by atoms with Crippen LogP contribution in [0.4, 0.5) is 0 Å². The van der Waals surface area contributed by atoms with E-state index >= 15 is 0 Å². The Bertz CT molecular complexity index is 3600. The van der Waals surface area contributed by atoms with Crippen molar-refractivity contribution in [2.75, 3.05) is 0 Å². The summed E-state index contributed by atoms with van der Waals surface area (Å²) in [4.78, 5) is 14.6. The van der Waals surface area contributed by atoms with E-state index in [1.165, 1.54) is 17.8 Å². The second kappa shape index (κ2) is 18.9. The van der Waals surface area contributed by atoms with E-state index in [9.17, 15) is 5.48 Å². The van der Waals surface area contributed by atoms with Crippen molar-refractivity contribution in [3.63, 3.8) is 0 Å². The van der Waals surface area contributed by atoms with E-state index < -0.39 is 30.4 Å². The Kier molecular flexibility index (Phi) is 10.3. The monoisotopic (exact) mass is 907 g/mol. The minimum atomic E-state index is -2.76. The fourth-order valence-electron chi connectivity index (χ4n) is 9.52. The highest BCUT2D eigenvalue weighted by Crippen LogP contribution is 2.38. The van der Waals surface area contributed by atoms with Crippen LogP contribution in [-0.4, -0.2) is 15.0 Å². The van der Waals surface area contributed by atoms with E-state index in [0.29, 0.717) is 35.6 Å². The van der Waals surface area contributed by atoms with Crippen LogP contribution in [0.1, 0.15) is 102 Å². The first-order valence-corrected chi connectivity index (χ1v) is 23.8. The van der Waals surface area contributed by atoms with Crippen molar-refractivity contribution in [2.45, 2.75) is 90.7 Å². The van der Waals surface area contributed by atoms with Gasteiger partial charge < -0.3 is 4.42 Å². The Morgan fingerprint density at radius 1 is 0.493 bits per heavy atom. The maximum Gasteiger partial charge on any atom is 0.135 e. The van der Waals surface area contributed by atoms with Gasteiger partial charge in [-0.05, 0) is 153 Å². The first kappa shape index (κ1) is 37.5. The average molecular weight is 907 g/mol. The summed E-state index contributed by atoms with van der Waals surface area (Å²) in [5.74, 6) is 0.304. The zero-order valence-electron chi connectivity index (χ0n) is 47.1. The molecule has 0 saturated carbocycles. The molecular formula is C65H61N3O. The number of hydrogen-bond donors (Lipinski definition) is 0. The van der Waals surface area contributed by atoms with Gasteiger partial charge in [-0.15, -0.1) is 0 Å². The topological polar surface area (TPSA) is 51.8 Å². The molecule has 0 aliphatic rings. The number of nitrogens with zero attached hydrogens (tertiary/aromatic N) is 3. The second-order valence-corrected chi connectivity index (χ2v) is 19.9. The van der Waals surface area contributed by atoms with Gasteiger partial charge in [0.2, 0.25) is 0 Å². The number of fused-ring (bicyclic) bond motifs is 3. The molecule has 69 heavy (non-hydrogen) atoms. The fourth-order valence-corrected chi connectivity index (χ4v) is 9.52. The molecule has 0 bridgehead atoms. The van der Waals surface area contributed by atoms with Crippen molar-refractivity contribution in [1.82, 2.24) is 15.0 Å². The zero-order valence-corrected chi connectivity index (χ0v) is 40.1. The molecule has 0 fully saturated rings. The van der Waals surface area contributed by atoms with Crippen LogP contribution in [0.5, 0.6) is 0 Å². The Hall–Kier alpha value is -7.43. The van der Waals surface area contributed by atoms with Gasteiger partial charge in [0.05, 0.1) is 17.1 Å². The largest absolute Gasteiger partial charge is 0.456 e. The Morgan fingerprint density at radius 3 is 1.62 bits per heavy atom. The number of hydrogen-bond acceptors (Lipinski definition) is 4. The summed E-state index contributed by atoms with van der Waals surface area (Å²) in [5, 5.41) is 1.85. The molecule has 4 aromatic heterocycles. The van der Waals surface area contributed by atoms with E-state index in [2.05, 4.69) is 71.9 Å². The van der Waals surface area contributed by atoms with Gasteiger partial charge in [0, 0.05) is 55.6 Å². The van der Waals surface area contributed by atoms with Gasteiger partial charge in [0.15, 0.2) is 0 Å². The quantitative estimate of drug-likeness (QED) is 0.109. The Morgan fingerprint density at radius 2 is 1.04 bits per heavy atom. The number of furan rings is 1. The lowest BCUT2D eigenvalue weighted by molar-refractivity contribution is 0.512. The third-order valence-corrected chi connectivity index (χ3v) is 13.5. The molecule has 0 saturated heterocycles. The standard InChI is InChI=1S/C65H61N3O/c1-43(2)50-24-30-62-57(35-50)58-36-51(25-31-63(58)69-62)61-37-56(55-21-15-14-16-44(55)3)52(40-66-61)23-22-45-32-46(38-64(4,5)53-26-28-59(67-41-53)48-17-10-8-11-18-48)34-47(33-45)39-65(6,7)54-27-29-60(68-42-54)49-19-12-9-13-20-49/h8-21,24-37,40-43H,22-23,38-39H2,1-7H3/i3D3,22D2,23D2. The minimum Gasteiger partial charge on any atom is -0.456 e. The predicted molar refractivity (Wildman–Crippen MR) is 288 cm³/mol. The zero-order chi connectivity index (χ0) is 53.8. The Balaban J connectivity index is 1.08. The molecule has 0 amide bonds. The number of aryl methyl sites for hydroxylation is 3. The number of pyridine rings is 3. The maximum absolute atomic E-state index is 10.1. The average Bonchev–Trinajstić information content (AvgIpc) is 3.78. The van der Waals surface area contributed by atoms with E-state index in [1.807, 2.05) is 109 Å². The van der Waals surface area contributed by atoms with Gasteiger partial charge in [0.1, 0.15) is 11.2 Å². The summed E-state index contributed by atoms with van der Waals surface area (Å²) in [7, 11) is 0. The van der Waals surface area contributed by atoms with Crippen molar-refractivity contribution < 1.29 is 14.0 Å². The molecule has 10 rings (SSSR count). The lowest BCUT2D eigenvalue weighted by atomic mass is 9.77. The SMILES string of the molecule is [2H]C([2H])([2H])c1ccccc1-c1cc(-c2ccc3oc4ccc(C(C)C)cc4c3c2)ncc1C([2H])([2H])C([2H])([2H])c1cc(CC(C)(C)c2ccc(-c3ccccc3)nc2)cc(CC(C)(C)c2ccc(-c3ccccc3)nc2)c1. The summed E-state index contributed by atoms with van der Waals surface area (Å²) in [6.07, 6.45) is 0.761. The molecule has 0 spiro atoms. The predicted octanol–water partition coefficient (Wildman–Crippen LogP) is 16.7. The van der Waals surface area contributed by atoms with E-state index in [4.69, 9.17) is 23.5 Å². The van der Waals surface area contributed by atoms with Crippen molar-refractivity contribution in [3.8, 4) is 44.9 Å². The van der Waals surface area contributed by atoms with Crippen LogP contribution in [0.25, 0.3) is 66.8 Å². The van der Waals surface area contributed by atoms with Gasteiger partial charge in [-0.1, -0.05) is 163 Å². The number of benzene rings is 6. The van der Waals surface area contributed by atoms with Crippen LogP contribution in [0, 0.1) is 6.85 Å². The minimum absolute atomic E-state index is 0.0218. The van der Waals surface area contributed by atoms with Crippen LogP contribution >= 0.6 is 0 Å². The molecular weight excluding hydrogens is 839 g/mol. The lowest BCUT2D eigenvalue weighted by Crippen LogP contribution is -2.23. The van der Waals surface area contributed by atoms with E-state index in [-0.39, 0.29) is 27.8 Å². The molecule has 0 atom stereocenters. The van der Waals surface area contributed by atoms with Gasteiger partial charge in [-0.3, -0.25) is 15.0 Å². The maximum atomic E-state index is 10.1. The molecule has 4 nitrogen and oxygen atoms in total. The molecule has 0 N–H and O–H groups in total. The van der Waals surface area contributed by atoms with E-state index in [1.54, 1.807) is 36.4 Å². The number of aromatic nitrogens is 3. The molecule has 0 unspecified atom stereocenters. The van der Waals surface area contributed by atoms with Crippen molar-refractivity contribution >= 4 is 21.9 Å². The van der Waals surface area contributed by atoms with Crippen molar-refractivity contribution in [3.05, 3.63) is 233 Å². The third-order valence-electron chi connectivity index (χ3n) is 13.5. The van der Waals surface area contributed by atoms with Crippen molar-refractivity contribution in [1.29, 1.82) is 0 Å². The highest BCUT2D eigenvalue weighted by Gasteiger charge is 2.26. The molecule has 4 heterocycles. The first-order chi connectivity index (χ1) is 36.1.